The van der Waals surface area contributed by atoms with Gasteiger partial charge in [0.1, 0.15) is 0 Å². The van der Waals surface area contributed by atoms with Gasteiger partial charge in [0, 0.05) is 0 Å². The summed E-state index contributed by atoms with van der Waals surface area (Å²) in [6.45, 7) is 4.50. The van der Waals surface area contributed by atoms with E-state index in [9.17, 15) is 0 Å². The summed E-state index contributed by atoms with van der Waals surface area (Å²) in [5.41, 5.74) is 0. The first kappa shape index (κ1) is 20.9. The molecule has 0 rings (SSSR count). The van der Waals surface area contributed by atoms with Crippen molar-refractivity contribution < 1.29 is 0 Å². The zero-order valence-electron chi connectivity index (χ0n) is 13.1. The molecule has 0 aromatic rings. The van der Waals surface area contributed by atoms with Crippen LogP contribution in [0, 0.1) is 0 Å². The second kappa shape index (κ2) is 16.3. The molecule has 0 saturated carbocycles. The molecule has 0 unspecified atom stereocenters. The molecular weight excluding hydrogens is 320 g/mol. The van der Waals surface area contributed by atoms with Gasteiger partial charge >= 0.3 is 0 Å². The minimum absolute atomic E-state index is 1.08. The van der Waals surface area contributed by atoms with Gasteiger partial charge in [0.2, 0.25) is 0 Å². The van der Waals surface area contributed by atoms with Gasteiger partial charge in [-0.3, -0.25) is 0 Å². The molecule has 0 nitrogen and oxygen atoms in total. The van der Waals surface area contributed by atoms with Crippen molar-refractivity contribution in [2.45, 2.75) is 90.9 Å². The minimum Gasteiger partial charge on any atom is -0.0765 e. The van der Waals surface area contributed by atoms with Crippen molar-refractivity contribution in [3.63, 3.8) is 0 Å². The quantitative estimate of drug-likeness (QED) is 0.200. The first-order valence-electron chi connectivity index (χ1n) is 8.10. The fourth-order valence-corrected chi connectivity index (χ4v) is 4.52. The van der Waals surface area contributed by atoms with Gasteiger partial charge in [-0.25, -0.2) is 0 Å². The molecule has 0 radical (unpaired) electrons. The van der Waals surface area contributed by atoms with Gasteiger partial charge in [0.25, 0.3) is 0 Å². The van der Waals surface area contributed by atoms with Crippen LogP contribution in [0.1, 0.15) is 90.9 Å². The van der Waals surface area contributed by atoms with Gasteiger partial charge in [-0.1, -0.05) is 89.6 Å². The lowest BCUT2D eigenvalue weighted by Crippen LogP contribution is -1.90. The van der Waals surface area contributed by atoms with E-state index in [4.69, 9.17) is 24.4 Å². The molecule has 4 heteroatoms. The van der Waals surface area contributed by atoms with Crippen LogP contribution in [0.5, 0.6) is 0 Å². The molecule has 0 aliphatic heterocycles. The van der Waals surface area contributed by atoms with Gasteiger partial charge in [0.05, 0.1) is 8.39 Å². The maximum atomic E-state index is 5.40. The molecule has 0 fully saturated rings. The van der Waals surface area contributed by atoms with Crippen LogP contribution in [0.25, 0.3) is 0 Å². The van der Waals surface area contributed by atoms with Crippen molar-refractivity contribution >= 4 is 54.4 Å². The van der Waals surface area contributed by atoms with E-state index in [2.05, 4.69) is 13.8 Å². The third-order valence-corrected chi connectivity index (χ3v) is 7.06. The molecule has 0 spiro atoms. The molecule has 20 heavy (non-hydrogen) atoms. The molecule has 0 aliphatic carbocycles. The molecule has 0 heterocycles. The van der Waals surface area contributed by atoms with E-state index in [1.54, 1.807) is 21.6 Å². The Morgan fingerprint density at radius 2 is 0.950 bits per heavy atom. The predicted molar refractivity (Wildman–Crippen MR) is 107 cm³/mol. The summed E-state index contributed by atoms with van der Waals surface area (Å²) >= 11 is 10.8. The van der Waals surface area contributed by atoms with Crippen LogP contribution in [-0.2, 0) is 0 Å². The molecular formula is C16H30S4. The van der Waals surface area contributed by atoms with Gasteiger partial charge in [0.15, 0.2) is 0 Å². The number of hydrogen-bond acceptors (Lipinski definition) is 4. The zero-order chi connectivity index (χ0) is 15.1. The van der Waals surface area contributed by atoms with Crippen molar-refractivity contribution in [2.75, 3.05) is 0 Å². The van der Waals surface area contributed by atoms with Crippen molar-refractivity contribution in [3.05, 3.63) is 0 Å². The maximum absolute atomic E-state index is 5.40. The monoisotopic (exact) mass is 350 g/mol. The number of hydrogen-bond donors (Lipinski definition) is 0. The smallest absolute Gasteiger partial charge is 0.0590 e. The van der Waals surface area contributed by atoms with Gasteiger partial charge in [-0.15, -0.1) is 0 Å². The Balaban J connectivity index is 3.37. The van der Waals surface area contributed by atoms with Crippen molar-refractivity contribution in [1.29, 1.82) is 0 Å². The third kappa shape index (κ3) is 15.3. The highest BCUT2D eigenvalue weighted by Gasteiger charge is 2.03. The third-order valence-electron chi connectivity index (χ3n) is 3.20. The fraction of sp³-hybridized carbons (Fsp3) is 0.875. The molecule has 0 bridgehead atoms. The SMILES string of the molecule is CCCCCCCC(=S)SSC(=S)CCCCCCC. The molecule has 118 valence electrons. The molecule has 0 aromatic carbocycles. The Hall–Kier alpha value is 0.880. The van der Waals surface area contributed by atoms with Crippen molar-refractivity contribution in [1.82, 2.24) is 0 Å². The lowest BCUT2D eigenvalue weighted by molar-refractivity contribution is 0.645. The van der Waals surface area contributed by atoms with E-state index < -0.39 is 0 Å². The molecule has 0 N–H and O–H groups in total. The molecule has 0 saturated heterocycles. The first-order valence-corrected chi connectivity index (χ1v) is 11.1. The van der Waals surface area contributed by atoms with Crippen molar-refractivity contribution in [2.24, 2.45) is 0 Å². The minimum atomic E-state index is 1.08. The van der Waals surface area contributed by atoms with E-state index in [0.717, 1.165) is 21.2 Å². The van der Waals surface area contributed by atoms with Crippen LogP contribution in [0.2, 0.25) is 0 Å². The van der Waals surface area contributed by atoms with E-state index in [0.29, 0.717) is 0 Å². The molecule has 0 atom stereocenters. The van der Waals surface area contributed by atoms with Crippen LogP contribution >= 0.6 is 46.0 Å². The van der Waals surface area contributed by atoms with Gasteiger partial charge in [-0.05, 0) is 47.3 Å². The van der Waals surface area contributed by atoms with Crippen LogP contribution in [0.4, 0.5) is 0 Å². The first-order chi connectivity index (χ1) is 9.70. The second-order valence-corrected chi connectivity index (χ2v) is 9.06. The average Bonchev–Trinajstić information content (AvgIpc) is 2.44. The van der Waals surface area contributed by atoms with Crippen LogP contribution in [0.15, 0.2) is 0 Å². The maximum Gasteiger partial charge on any atom is 0.0590 e. The highest BCUT2D eigenvalue weighted by atomic mass is 33.1. The molecule has 0 amide bonds. The van der Waals surface area contributed by atoms with E-state index in [-0.39, 0.29) is 0 Å². The van der Waals surface area contributed by atoms with Gasteiger partial charge < -0.3 is 0 Å². The summed E-state index contributed by atoms with van der Waals surface area (Å²) in [6.07, 6.45) is 15.3. The van der Waals surface area contributed by atoms with E-state index in [1.165, 1.54) is 64.2 Å². The largest absolute Gasteiger partial charge is 0.0765 e. The van der Waals surface area contributed by atoms with E-state index >= 15 is 0 Å². The number of unbranched alkanes of at least 4 members (excludes halogenated alkanes) is 8. The summed E-state index contributed by atoms with van der Waals surface area (Å²) < 4.78 is 2.25. The zero-order valence-corrected chi connectivity index (χ0v) is 16.4. The van der Waals surface area contributed by atoms with Crippen LogP contribution in [-0.4, -0.2) is 8.39 Å². The summed E-state index contributed by atoms with van der Waals surface area (Å²) in [7, 11) is 3.45. The Morgan fingerprint density at radius 1 is 0.600 bits per heavy atom. The Morgan fingerprint density at radius 3 is 1.30 bits per heavy atom. The van der Waals surface area contributed by atoms with Crippen LogP contribution < -0.4 is 0 Å². The predicted octanol–water partition coefficient (Wildman–Crippen LogP) is 7.74. The van der Waals surface area contributed by atoms with Crippen molar-refractivity contribution in [3.8, 4) is 0 Å². The Labute approximate surface area is 145 Å². The highest BCUT2D eigenvalue weighted by Crippen LogP contribution is 2.29. The highest BCUT2D eigenvalue weighted by molar-refractivity contribution is 8.89. The summed E-state index contributed by atoms with van der Waals surface area (Å²) in [5, 5.41) is 0. The lowest BCUT2D eigenvalue weighted by atomic mass is 10.1. The topological polar surface area (TPSA) is 0 Å². The van der Waals surface area contributed by atoms with Gasteiger partial charge in [-0.2, -0.15) is 0 Å². The summed E-state index contributed by atoms with van der Waals surface area (Å²) in [5.74, 6) is 0. The van der Waals surface area contributed by atoms with Crippen LogP contribution in [0.3, 0.4) is 0 Å². The summed E-state index contributed by atoms with van der Waals surface area (Å²) in [4.78, 5) is 0. The normalized spacial score (nSPS) is 10.7. The lowest BCUT2D eigenvalue weighted by Gasteiger charge is -2.05. The number of rotatable bonds is 12. The Kier molecular flexibility index (Phi) is 17.0. The van der Waals surface area contributed by atoms with E-state index in [1.807, 2.05) is 0 Å². The average molecular weight is 351 g/mol. The standard InChI is InChI=1S/C16H30S4/c1-3-5-7-9-11-13-15(17)19-20-16(18)14-12-10-8-6-4-2/h3-14H2,1-2H3. The molecule has 0 aromatic heterocycles. The molecule has 0 aliphatic rings. The fourth-order valence-electron chi connectivity index (χ4n) is 1.92. The second-order valence-electron chi connectivity index (χ2n) is 5.24. The summed E-state index contributed by atoms with van der Waals surface area (Å²) in [6, 6.07) is 0. The number of thiocarbonyl (C=S) groups is 2. The Bertz CT molecular complexity index is 225.